The van der Waals surface area contributed by atoms with Gasteiger partial charge >= 0.3 is 0 Å². The molecule has 2 aromatic rings. The molecule has 0 aromatic heterocycles. The van der Waals surface area contributed by atoms with Gasteiger partial charge in [0.25, 0.3) is 0 Å². The molecule has 6 heteroatoms. The molecule has 0 amide bonds. The normalized spacial score (nSPS) is 10.5. The molecule has 0 radical (unpaired) electrons. The van der Waals surface area contributed by atoms with Gasteiger partial charge in [-0.05, 0) is 62.0 Å². The Labute approximate surface area is 147 Å². The maximum atomic E-state index is 5.48. The zero-order valence-electron chi connectivity index (χ0n) is 14.0. The van der Waals surface area contributed by atoms with Gasteiger partial charge in [-0.25, -0.2) is 0 Å². The number of hydrogen-bond donors (Lipinski definition) is 2. The van der Waals surface area contributed by atoms with E-state index < -0.39 is 0 Å². The number of nitrogens with one attached hydrogen (secondary N) is 2. The lowest BCUT2D eigenvalue weighted by Crippen LogP contribution is -2.23. The predicted molar refractivity (Wildman–Crippen MR) is 102 cm³/mol. The molecular weight excluding hydrogens is 322 g/mol. The van der Waals surface area contributed by atoms with Crippen LogP contribution in [0.3, 0.4) is 0 Å². The number of hydrogen-bond acceptors (Lipinski definition) is 4. The molecule has 0 saturated carbocycles. The fourth-order valence-electron chi connectivity index (χ4n) is 2.00. The SMILES string of the molecule is CCOc1ccc(/C=N\NC(=S)Nc2ccc(C)cc2)cc1OC. The summed E-state index contributed by atoms with van der Waals surface area (Å²) in [6, 6.07) is 13.6. The van der Waals surface area contributed by atoms with Gasteiger partial charge in [0.1, 0.15) is 0 Å². The summed E-state index contributed by atoms with van der Waals surface area (Å²) in [5.41, 5.74) is 5.77. The van der Waals surface area contributed by atoms with E-state index in [2.05, 4.69) is 15.8 Å². The third-order valence-corrected chi connectivity index (χ3v) is 3.37. The van der Waals surface area contributed by atoms with Crippen molar-refractivity contribution in [1.82, 2.24) is 5.43 Å². The average molecular weight is 343 g/mol. The van der Waals surface area contributed by atoms with Crippen molar-refractivity contribution in [2.75, 3.05) is 19.0 Å². The van der Waals surface area contributed by atoms with E-state index in [1.165, 1.54) is 5.56 Å². The maximum Gasteiger partial charge on any atom is 0.191 e. The number of aryl methyl sites for hydroxylation is 1. The summed E-state index contributed by atoms with van der Waals surface area (Å²) in [5, 5.41) is 7.62. The second-order valence-corrected chi connectivity index (χ2v) is 5.44. The lowest BCUT2D eigenvalue weighted by Gasteiger charge is -2.09. The van der Waals surface area contributed by atoms with Gasteiger partial charge < -0.3 is 14.8 Å². The predicted octanol–water partition coefficient (Wildman–Crippen LogP) is 3.72. The zero-order chi connectivity index (χ0) is 17.4. The molecule has 0 bridgehead atoms. The molecule has 2 aromatic carbocycles. The van der Waals surface area contributed by atoms with Crippen LogP contribution in [0, 0.1) is 6.92 Å². The molecule has 2 N–H and O–H groups in total. The highest BCUT2D eigenvalue weighted by molar-refractivity contribution is 7.80. The summed E-state index contributed by atoms with van der Waals surface area (Å²) in [4.78, 5) is 0. The van der Waals surface area contributed by atoms with Crippen molar-refractivity contribution in [2.24, 2.45) is 5.10 Å². The lowest BCUT2D eigenvalue weighted by molar-refractivity contribution is 0.311. The maximum absolute atomic E-state index is 5.48. The Balaban J connectivity index is 1.93. The highest BCUT2D eigenvalue weighted by Gasteiger charge is 2.04. The Bertz CT molecular complexity index is 715. The van der Waals surface area contributed by atoms with E-state index >= 15 is 0 Å². The van der Waals surface area contributed by atoms with Crippen LogP contribution >= 0.6 is 12.2 Å². The van der Waals surface area contributed by atoms with Crippen LogP contribution in [0.1, 0.15) is 18.1 Å². The molecular formula is C18H21N3O2S. The van der Waals surface area contributed by atoms with Gasteiger partial charge in [-0.1, -0.05) is 17.7 Å². The second-order valence-electron chi connectivity index (χ2n) is 5.03. The first kappa shape index (κ1) is 17.7. The fourth-order valence-corrected chi connectivity index (χ4v) is 2.17. The molecule has 0 heterocycles. The fraction of sp³-hybridized carbons (Fsp3) is 0.222. The molecule has 0 spiro atoms. The van der Waals surface area contributed by atoms with Crippen molar-refractivity contribution < 1.29 is 9.47 Å². The average Bonchev–Trinajstić information content (AvgIpc) is 2.58. The smallest absolute Gasteiger partial charge is 0.191 e. The Morgan fingerprint density at radius 2 is 1.92 bits per heavy atom. The molecule has 5 nitrogen and oxygen atoms in total. The van der Waals surface area contributed by atoms with E-state index in [4.69, 9.17) is 21.7 Å². The minimum absolute atomic E-state index is 0.424. The van der Waals surface area contributed by atoms with Gasteiger partial charge in [0.05, 0.1) is 19.9 Å². The molecule has 0 fully saturated rings. The van der Waals surface area contributed by atoms with Gasteiger partial charge in [0.2, 0.25) is 0 Å². The van der Waals surface area contributed by atoms with Crippen LogP contribution < -0.4 is 20.2 Å². The highest BCUT2D eigenvalue weighted by atomic mass is 32.1. The van der Waals surface area contributed by atoms with Crippen LogP contribution in [-0.2, 0) is 0 Å². The number of rotatable bonds is 6. The Morgan fingerprint density at radius 1 is 1.17 bits per heavy atom. The summed E-state index contributed by atoms with van der Waals surface area (Å²) in [6.07, 6.45) is 1.67. The summed E-state index contributed by atoms with van der Waals surface area (Å²) in [7, 11) is 1.61. The van der Waals surface area contributed by atoms with Crippen LogP contribution in [0.25, 0.3) is 0 Å². The summed E-state index contributed by atoms with van der Waals surface area (Å²) >= 11 is 5.21. The molecule has 0 aliphatic carbocycles. The Hall–Kier alpha value is -2.60. The largest absolute Gasteiger partial charge is 0.493 e. The van der Waals surface area contributed by atoms with E-state index in [9.17, 15) is 0 Å². The van der Waals surface area contributed by atoms with E-state index in [0.717, 1.165) is 11.3 Å². The van der Waals surface area contributed by atoms with Crippen LogP contribution in [0.5, 0.6) is 11.5 Å². The molecule has 0 aliphatic heterocycles. The van der Waals surface area contributed by atoms with Crippen molar-refractivity contribution in [1.29, 1.82) is 0 Å². The van der Waals surface area contributed by atoms with E-state index in [1.54, 1.807) is 13.3 Å². The highest BCUT2D eigenvalue weighted by Crippen LogP contribution is 2.27. The van der Waals surface area contributed by atoms with Crippen molar-refractivity contribution in [3.05, 3.63) is 53.6 Å². The van der Waals surface area contributed by atoms with Gasteiger partial charge in [-0.3, -0.25) is 5.43 Å². The monoisotopic (exact) mass is 343 g/mol. The number of ether oxygens (including phenoxy) is 2. The van der Waals surface area contributed by atoms with Crippen LogP contribution in [0.2, 0.25) is 0 Å². The number of thiocarbonyl (C=S) groups is 1. The number of benzene rings is 2. The number of hydrazone groups is 1. The third kappa shape index (κ3) is 5.24. The summed E-state index contributed by atoms with van der Waals surface area (Å²) in [6.45, 7) is 4.56. The van der Waals surface area contributed by atoms with Crippen molar-refractivity contribution >= 4 is 29.2 Å². The number of nitrogens with zero attached hydrogens (tertiary/aromatic N) is 1. The quantitative estimate of drug-likeness (QED) is 0.476. The molecule has 0 saturated heterocycles. The van der Waals surface area contributed by atoms with Gasteiger partial charge in [0.15, 0.2) is 16.6 Å². The van der Waals surface area contributed by atoms with Crippen molar-refractivity contribution in [3.8, 4) is 11.5 Å². The van der Waals surface area contributed by atoms with Crippen LogP contribution in [-0.4, -0.2) is 25.0 Å². The summed E-state index contributed by atoms with van der Waals surface area (Å²) in [5.74, 6) is 1.38. The molecule has 0 unspecified atom stereocenters. The van der Waals surface area contributed by atoms with Crippen molar-refractivity contribution in [3.63, 3.8) is 0 Å². The molecule has 2 rings (SSSR count). The van der Waals surface area contributed by atoms with Gasteiger partial charge in [-0.15, -0.1) is 0 Å². The van der Waals surface area contributed by atoms with Gasteiger partial charge in [0, 0.05) is 5.69 Å². The Kier molecular flexibility index (Phi) is 6.57. The first-order valence-electron chi connectivity index (χ1n) is 7.60. The minimum atomic E-state index is 0.424. The second kappa shape index (κ2) is 8.88. The van der Waals surface area contributed by atoms with E-state index in [-0.39, 0.29) is 0 Å². The summed E-state index contributed by atoms with van der Waals surface area (Å²) < 4.78 is 10.8. The number of methoxy groups -OCH3 is 1. The van der Waals surface area contributed by atoms with Crippen LogP contribution in [0.15, 0.2) is 47.6 Å². The topological polar surface area (TPSA) is 54.9 Å². The first-order valence-corrected chi connectivity index (χ1v) is 8.00. The van der Waals surface area contributed by atoms with Crippen LogP contribution in [0.4, 0.5) is 5.69 Å². The minimum Gasteiger partial charge on any atom is -0.493 e. The van der Waals surface area contributed by atoms with Crippen molar-refractivity contribution in [2.45, 2.75) is 13.8 Å². The van der Waals surface area contributed by atoms with E-state index in [0.29, 0.717) is 23.2 Å². The molecule has 24 heavy (non-hydrogen) atoms. The van der Waals surface area contributed by atoms with E-state index in [1.807, 2.05) is 56.3 Å². The molecule has 0 atom stereocenters. The molecule has 126 valence electrons. The van der Waals surface area contributed by atoms with Gasteiger partial charge in [-0.2, -0.15) is 5.10 Å². The Morgan fingerprint density at radius 3 is 2.58 bits per heavy atom. The first-order chi connectivity index (χ1) is 11.6. The zero-order valence-corrected chi connectivity index (χ0v) is 14.8. The third-order valence-electron chi connectivity index (χ3n) is 3.18. The standard InChI is InChI=1S/C18H21N3O2S/c1-4-23-16-10-7-14(11-17(16)22-3)12-19-21-18(24)20-15-8-5-13(2)6-9-15/h5-12H,4H2,1-3H3,(H2,20,21,24)/b19-12-. The molecule has 0 aliphatic rings. The number of anilines is 1. The lowest BCUT2D eigenvalue weighted by atomic mass is 10.2.